The molecule has 1 aliphatic heterocycles. The van der Waals surface area contributed by atoms with Gasteiger partial charge in [-0.1, -0.05) is 41.4 Å². The summed E-state index contributed by atoms with van der Waals surface area (Å²) in [6.07, 6.45) is 3.30. The van der Waals surface area contributed by atoms with Gasteiger partial charge in [0.05, 0.1) is 29.5 Å². The third-order valence-corrected chi connectivity index (χ3v) is 12.4. The monoisotopic (exact) mass is 792 g/mol. The molecule has 8 rings (SSSR count). The molecule has 1 unspecified atom stereocenters. The summed E-state index contributed by atoms with van der Waals surface area (Å²) in [6.45, 7) is 11.0. The zero-order chi connectivity index (χ0) is 39.7. The molecule has 0 saturated heterocycles. The highest BCUT2D eigenvalue weighted by molar-refractivity contribution is 6.32. The Morgan fingerprint density at radius 2 is 1.68 bits per heavy atom. The molecular formula is C43H46Cl2N8O3. The summed E-state index contributed by atoms with van der Waals surface area (Å²) in [5.74, 6) is 1.93. The minimum absolute atomic E-state index is 0.152. The van der Waals surface area contributed by atoms with E-state index in [1.165, 1.54) is 0 Å². The first-order chi connectivity index (χ1) is 26.8. The van der Waals surface area contributed by atoms with Crippen LogP contribution in [0.4, 0.5) is 5.69 Å². The van der Waals surface area contributed by atoms with Crippen LogP contribution in [0.25, 0.3) is 44.3 Å². The maximum atomic E-state index is 15.3. The summed E-state index contributed by atoms with van der Waals surface area (Å²) < 4.78 is 19.5. The first-order valence-electron chi connectivity index (χ1n) is 18.8. The first kappa shape index (κ1) is 37.8. The number of carbonyl (C=O) groups is 1. The van der Waals surface area contributed by atoms with Crippen molar-refractivity contribution < 1.29 is 14.3 Å². The van der Waals surface area contributed by atoms with Crippen molar-refractivity contribution in [3.05, 3.63) is 99.3 Å². The van der Waals surface area contributed by atoms with Gasteiger partial charge in [0.15, 0.2) is 11.6 Å². The molecule has 1 amide bonds. The van der Waals surface area contributed by atoms with Crippen LogP contribution in [-0.4, -0.2) is 58.8 Å². The predicted octanol–water partition coefficient (Wildman–Crippen LogP) is 9.16. The number of methoxy groups -OCH3 is 1. The van der Waals surface area contributed by atoms with Gasteiger partial charge < -0.3 is 18.6 Å². The molecule has 0 N–H and O–H groups in total. The fourth-order valence-electron chi connectivity index (χ4n) is 8.42. The molecule has 3 aromatic carbocycles. The molecular weight excluding hydrogens is 747 g/mol. The summed E-state index contributed by atoms with van der Waals surface area (Å²) in [5.41, 5.74) is 10.5. The van der Waals surface area contributed by atoms with Gasteiger partial charge in [-0.15, -0.1) is 0 Å². The maximum Gasteiger partial charge on any atom is 0.276 e. The van der Waals surface area contributed by atoms with Gasteiger partial charge in [-0.25, -0.2) is 4.98 Å². The number of hydrogen-bond acceptors (Lipinski definition) is 6. The van der Waals surface area contributed by atoms with Gasteiger partial charge in [0.2, 0.25) is 0 Å². The van der Waals surface area contributed by atoms with Crippen LogP contribution >= 0.6 is 23.2 Å². The standard InChI is InChI=1S/C43H46Cl2N8O3/c1-23-18-29(19-24(2)38(23)44)56-17-11-14-31-30-12-10-13-32(37-25(3)47-50(7)26(37)4)39(30)52-27(5)41(45)53(43(54)40(31)52)35-21-49(6)34-16-15-28(20-33(34)35)42-46-36(22-55-9)51(8)48-42/h10,12-13,15-16,18-21,27,41H,11,14,17,22H2,1-9H3/t27?,41-/m0/s1. The molecule has 11 nitrogen and oxygen atoms in total. The van der Waals surface area contributed by atoms with Crippen LogP contribution in [0.1, 0.15) is 63.8 Å². The second kappa shape index (κ2) is 14.4. The second-order valence-corrected chi connectivity index (χ2v) is 15.8. The van der Waals surface area contributed by atoms with Crippen molar-refractivity contribution in [1.29, 1.82) is 0 Å². The number of carbonyl (C=O) groups excluding carboxylic acids is 1. The molecule has 0 bridgehead atoms. The number of alkyl halides is 1. The molecule has 0 spiro atoms. The lowest BCUT2D eigenvalue weighted by Crippen LogP contribution is -2.47. The van der Waals surface area contributed by atoms with Gasteiger partial charge >= 0.3 is 0 Å². The predicted molar refractivity (Wildman–Crippen MR) is 223 cm³/mol. The van der Waals surface area contributed by atoms with Gasteiger partial charge in [0, 0.05) is 78.1 Å². The van der Waals surface area contributed by atoms with Crippen LogP contribution in [0.3, 0.4) is 0 Å². The smallest absolute Gasteiger partial charge is 0.276 e. The number of amides is 1. The first-order valence-corrected chi connectivity index (χ1v) is 19.6. The molecule has 5 heterocycles. The highest BCUT2D eigenvalue weighted by Crippen LogP contribution is 2.46. The number of anilines is 1. The van der Waals surface area contributed by atoms with Gasteiger partial charge in [-0.05, 0) is 94.5 Å². The van der Waals surface area contributed by atoms with Crippen molar-refractivity contribution in [2.75, 3.05) is 18.6 Å². The lowest BCUT2D eigenvalue weighted by atomic mass is 9.98. The van der Waals surface area contributed by atoms with Crippen molar-refractivity contribution in [2.24, 2.45) is 21.1 Å². The maximum absolute atomic E-state index is 15.3. The molecule has 1 aliphatic rings. The van der Waals surface area contributed by atoms with E-state index in [-0.39, 0.29) is 11.9 Å². The van der Waals surface area contributed by atoms with Crippen LogP contribution in [0.2, 0.25) is 5.02 Å². The summed E-state index contributed by atoms with van der Waals surface area (Å²) in [4.78, 5) is 21.9. The molecule has 2 atom stereocenters. The number of hydrogen-bond donors (Lipinski definition) is 0. The number of para-hydroxylation sites is 1. The Bertz CT molecular complexity index is 2660. The van der Waals surface area contributed by atoms with E-state index in [9.17, 15) is 0 Å². The van der Waals surface area contributed by atoms with Gasteiger partial charge in [-0.3, -0.25) is 19.1 Å². The molecule has 290 valence electrons. The zero-order valence-electron chi connectivity index (χ0n) is 33.2. The fourth-order valence-corrected chi connectivity index (χ4v) is 8.84. The molecule has 7 aromatic rings. The summed E-state index contributed by atoms with van der Waals surface area (Å²) >= 11 is 13.9. The normalized spacial score (nSPS) is 15.8. The highest BCUT2D eigenvalue weighted by Gasteiger charge is 2.42. The quantitative estimate of drug-likeness (QED) is 0.0779. The summed E-state index contributed by atoms with van der Waals surface area (Å²) in [6, 6.07) is 16.1. The topological polar surface area (TPSA) is 97.2 Å². The number of aromatic nitrogens is 7. The molecule has 0 saturated carbocycles. The number of rotatable bonds is 10. The van der Waals surface area contributed by atoms with Crippen LogP contribution < -0.4 is 9.64 Å². The SMILES string of the molecule is COCc1nc(-c2ccc3c(c2)c(N2C(=O)c4c(CCCOc5cc(C)c(Cl)c(C)c5)c5cccc(-c6c(C)nn(C)c6C)c5n4C(C)[C@H]2Cl)cn3C)nn1C. The largest absolute Gasteiger partial charge is 0.494 e. The van der Waals surface area contributed by atoms with Crippen molar-refractivity contribution in [2.45, 2.75) is 65.6 Å². The Balaban J connectivity index is 1.25. The zero-order valence-corrected chi connectivity index (χ0v) is 34.7. The third-order valence-electron chi connectivity index (χ3n) is 11.2. The molecule has 4 aromatic heterocycles. The number of ether oxygens (including phenoxy) is 2. The molecule has 0 aliphatic carbocycles. The van der Waals surface area contributed by atoms with Gasteiger partial charge in [-0.2, -0.15) is 10.2 Å². The van der Waals surface area contributed by atoms with Gasteiger partial charge in [0.1, 0.15) is 23.6 Å². The third kappa shape index (κ3) is 6.07. The highest BCUT2D eigenvalue weighted by atomic mass is 35.5. The van der Waals surface area contributed by atoms with E-state index in [4.69, 9.17) is 42.8 Å². The van der Waals surface area contributed by atoms with Gasteiger partial charge in [0.25, 0.3) is 5.91 Å². The Kier molecular flexibility index (Phi) is 9.75. The summed E-state index contributed by atoms with van der Waals surface area (Å²) in [7, 11) is 7.44. The number of fused-ring (bicyclic) bond motifs is 4. The van der Waals surface area contributed by atoms with Crippen molar-refractivity contribution in [3.8, 4) is 28.3 Å². The molecule has 0 fully saturated rings. The molecule has 13 heteroatoms. The van der Waals surface area contributed by atoms with E-state index in [0.717, 1.165) is 88.9 Å². The summed E-state index contributed by atoms with van der Waals surface area (Å²) in [5, 5.41) is 12.1. The van der Waals surface area contributed by atoms with E-state index in [0.29, 0.717) is 37.6 Å². The number of benzene rings is 3. The average molecular weight is 794 g/mol. The van der Waals surface area contributed by atoms with Crippen LogP contribution in [0.5, 0.6) is 5.75 Å². The van der Waals surface area contributed by atoms with Crippen molar-refractivity contribution >= 4 is 56.6 Å². The van der Waals surface area contributed by atoms with E-state index in [2.05, 4.69) is 41.7 Å². The molecule has 0 radical (unpaired) electrons. The van der Waals surface area contributed by atoms with E-state index in [1.807, 2.05) is 87.7 Å². The number of halogens is 2. The lowest BCUT2D eigenvalue weighted by Gasteiger charge is -2.38. The Labute approximate surface area is 336 Å². The average Bonchev–Trinajstić information content (AvgIpc) is 3.88. The van der Waals surface area contributed by atoms with Crippen LogP contribution in [-0.2, 0) is 38.9 Å². The number of nitrogens with zero attached hydrogens (tertiary/aromatic N) is 8. The van der Waals surface area contributed by atoms with Crippen molar-refractivity contribution in [1.82, 2.24) is 33.7 Å². The second-order valence-electron chi connectivity index (χ2n) is 14.9. The Morgan fingerprint density at radius 3 is 2.38 bits per heavy atom. The minimum Gasteiger partial charge on any atom is -0.494 e. The lowest BCUT2D eigenvalue weighted by molar-refractivity contribution is 0.0951. The van der Waals surface area contributed by atoms with E-state index < -0.39 is 5.50 Å². The van der Waals surface area contributed by atoms with Crippen LogP contribution in [0.15, 0.2) is 54.7 Å². The minimum atomic E-state index is -0.696. The Hall–Kier alpha value is -5.10. The van der Waals surface area contributed by atoms with Crippen LogP contribution in [0, 0.1) is 27.7 Å². The Morgan fingerprint density at radius 1 is 0.929 bits per heavy atom. The van der Waals surface area contributed by atoms with E-state index >= 15 is 4.79 Å². The molecule has 56 heavy (non-hydrogen) atoms. The number of aryl methyl sites for hydroxylation is 7. The van der Waals surface area contributed by atoms with E-state index in [1.54, 1.807) is 16.7 Å². The fraction of sp³-hybridized carbons (Fsp3) is 0.349. The van der Waals surface area contributed by atoms with Crippen molar-refractivity contribution in [3.63, 3.8) is 0 Å².